The largest absolute Gasteiger partial charge is 0.452 e. The van der Waals surface area contributed by atoms with Crippen LogP contribution in [0.2, 0.25) is 0 Å². The van der Waals surface area contributed by atoms with E-state index in [4.69, 9.17) is 15.0 Å². The van der Waals surface area contributed by atoms with Crippen LogP contribution in [0.15, 0.2) is 47.6 Å². The third kappa shape index (κ3) is 3.34. The van der Waals surface area contributed by atoms with Crippen molar-refractivity contribution in [1.82, 2.24) is 0 Å². The Labute approximate surface area is 110 Å². The SMILES string of the molecule is C[C@@H]1O[C@H](N=[N+]=[N-])C=C[C@@H]1OC(=O)c1ccccc1. The molecule has 0 amide bonds. The fourth-order valence-electron chi connectivity index (χ4n) is 1.72. The highest BCUT2D eigenvalue weighted by molar-refractivity contribution is 5.89. The number of ether oxygens (including phenoxy) is 2. The summed E-state index contributed by atoms with van der Waals surface area (Å²) in [5.74, 6) is -0.409. The zero-order valence-corrected chi connectivity index (χ0v) is 10.3. The van der Waals surface area contributed by atoms with Crippen molar-refractivity contribution >= 4 is 5.97 Å². The highest BCUT2D eigenvalue weighted by atomic mass is 16.6. The van der Waals surface area contributed by atoms with Crippen LogP contribution in [0.1, 0.15) is 17.3 Å². The lowest BCUT2D eigenvalue weighted by Gasteiger charge is -2.27. The number of hydrogen-bond donors (Lipinski definition) is 0. The number of benzene rings is 1. The molecular weight excluding hydrogens is 246 g/mol. The van der Waals surface area contributed by atoms with Gasteiger partial charge in [-0.25, -0.2) is 4.79 Å². The molecule has 0 N–H and O–H groups in total. The van der Waals surface area contributed by atoms with Crippen LogP contribution in [0, 0.1) is 0 Å². The highest BCUT2D eigenvalue weighted by Crippen LogP contribution is 2.18. The zero-order chi connectivity index (χ0) is 13.7. The average molecular weight is 259 g/mol. The van der Waals surface area contributed by atoms with Gasteiger partial charge in [0.1, 0.15) is 6.10 Å². The van der Waals surface area contributed by atoms with Crippen LogP contribution >= 0.6 is 0 Å². The van der Waals surface area contributed by atoms with Crippen molar-refractivity contribution in [1.29, 1.82) is 0 Å². The molecule has 0 saturated carbocycles. The van der Waals surface area contributed by atoms with Crippen LogP contribution in [-0.2, 0) is 9.47 Å². The predicted octanol–water partition coefficient (Wildman–Crippen LogP) is 2.82. The van der Waals surface area contributed by atoms with Gasteiger partial charge in [0, 0.05) is 4.91 Å². The summed E-state index contributed by atoms with van der Waals surface area (Å²) in [7, 11) is 0. The molecule has 0 unspecified atom stereocenters. The molecular formula is C13H13N3O3. The molecule has 1 aromatic carbocycles. The lowest BCUT2D eigenvalue weighted by molar-refractivity contribution is -0.0551. The summed E-state index contributed by atoms with van der Waals surface area (Å²) in [5.41, 5.74) is 8.81. The monoisotopic (exact) mass is 259 g/mol. The minimum atomic E-state index is -0.647. The van der Waals surface area contributed by atoms with Gasteiger partial charge in [-0.2, -0.15) is 0 Å². The van der Waals surface area contributed by atoms with Crippen LogP contribution in [0.25, 0.3) is 10.4 Å². The molecule has 19 heavy (non-hydrogen) atoms. The number of carbonyl (C=O) groups is 1. The van der Waals surface area contributed by atoms with Crippen LogP contribution < -0.4 is 0 Å². The second kappa shape index (κ2) is 6.04. The number of hydrogen-bond acceptors (Lipinski definition) is 4. The van der Waals surface area contributed by atoms with Crippen molar-refractivity contribution in [3.63, 3.8) is 0 Å². The Balaban J connectivity index is 2.02. The topological polar surface area (TPSA) is 84.3 Å². The molecule has 1 aliphatic rings. The van der Waals surface area contributed by atoms with Gasteiger partial charge in [0.2, 0.25) is 0 Å². The van der Waals surface area contributed by atoms with E-state index < -0.39 is 18.3 Å². The first-order valence-electron chi connectivity index (χ1n) is 5.84. The third-order valence-corrected chi connectivity index (χ3v) is 2.70. The molecule has 0 aliphatic carbocycles. The van der Waals surface area contributed by atoms with Gasteiger partial charge in [0.05, 0.1) is 11.7 Å². The van der Waals surface area contributed by atoms with E-state index >= 15 is 0 Å². The van der Waals surface area contributed by atoms with Crippen LogP contribution in [0.3, 0.4) is 0 Å². The van der Waals surface area contributed by atoms with Gasteiger partial charge in [-0.05, 0) is 30.7 Å². The van der Waals surface area contributed by atoms with Crippen LogP contribution in [0.4, 0.5) is 0 Å². The van der Waals surface area contributed by atoms with Gasteiger partial charge in [-0.3, -0.25) is 0 Å². The van der Waals surface area contributed by atoms with E-state index in [-0.39, 0.29) is 6.10 Å². The first kappa shape index (κ1) is 13.1. The first-order valence-corrected chi connectivity index (χ1v) is 5.84. The maximum absolute atomic E-state index is 11.9. The van der Waals surface area contributed by atoms with Crippen LogP contribution in [0.5, 0.6) is 0 Å². The average Bonchev–Trinajstić information content (AvgIpc) is 2.43. The molecule has 3 atom stereocenters. The van der Waals surface area contributed by atoms with E-state index in [9.17, 15) is 4.79 Å². The normalized spacial score (nSPS) is 25.4. The Morgan fingerprint density at radius 2 is 2.11 bits per heavy atom. The van der Waals surface area contributed by atoms with Gasteiger partial charge >= 0.3 is 5.97 Å². The molecule has 0 fully saturated rings. The summed E-state index contributed by atoms with van der Waals surface area (Å²) in [5, 5.41) is 3.44. The molecule has 6 heteroatoms. The Morgan fingerprint density at radius 1 is 1.37 bits per heavy atom. The maximum Gasteiger partial charge on any atom is 0.338 e. The molecule has 1 aliphatic heterocycles. The summed E-state index contributed by atoms with van der Waals surface area (Å²) >= 11 is 0. The molecule has 0 aromatic heterocycles. The summed E-state index contributed by atoms with van der Waals surface area (Å²) in [6.07, 6.45) is 1.74. The first-order chi connectivity index (χ1) is 9.20. The highest BCUT2D eigenvalue weighted by Gasteiger charge is 2.26. The number of esters is 1. The zero-order valence-electron chi connectivity index (χ0n) is 10.3. The second-order valence-electron chi connectivity index (χ2n) is 4.06. The number of carbonyl (C=O) groups excluding carboxylic acids is 1. The molecule has 1 heterocycles. The molecule has 0 radical (unpaired) electrons. The second-order valence-corrected chi connectivity index (χ2v) is 4.06. The summed E-state index contributed by atoms with van der Waals surface area (Å²) < 4.78 is 10.7. The Bertz CT molecular complexity index is 523. The maximum atomic E-state index is 11.9. The molecule has 0 saturated heterocycles. The van der Waals surface area contributed by atoms with Crippen molar-refractivity contribution in [3.05, 3.63) is 58.5 Å². The molecule has 2 rings (SSSR count). The summed E-state index contributed by atoms with van der Waals surface area (Å²) in [4.78, 5) is 14.5. The minimum Gasteiger partial charge on any atom is -0.452 e. The number of nitrogens with zero attached hydrogens (tertiary/aromatic N) is 3. The van der Waals surface area contributed by atoms with Gasteiger partial charge in [-0.1, -0.05) is 29.4 Å². The van der Waals surface area contributed by atoms with Gasteiger partial charge in [0.25, 0.3) is 0 Å². The van der Waals surface area contributed by atoms with E-state index in [1.807, 2.05) is 6.07 Å². The lowest BCUT2D eigenvalue weighted by Crippen LogP contribution is -2.35. The quantitative estimate of drug-likeness (QED) is 0.275. The Kier molecular flexibility index (Phi) is 4.18. The Hall–Kier alpha value is -2.30. The van der Waals surface area contributed by atoms with Crippen molar-refractivity contribution in [2.24, 2.45) is 5.11 Å². The molecule has 1 aromatic rings. The van der Waals surface area contributed by atoms with Crippen molar-refractivity contribution < 1.29 is 14.3 Å². The standard InChI is InChI=1S/C13H13N3O3/c1-9-11(7-8-12(18-9)15-16-14)19-13(17)10-5-3-2-4-6-10/h2-9,11-12H,1H3/t9-,11-,12-/m0/s1. The number of rotatable bonds is 3. The minimum absolute atomic E-state index is 0.367. The van der Waals surface area contributed by atoms with E-state index in [1.54, 1.807) is 43.3 Å². The third-order valence-electron chi connectivity index (χ3n) is 2.70. The van der Waals surface area contributed by atoms with E-state index in [0.29, 0.717) is 5.56 Å². The van der Waals surface area contributed by atoms with Crippen molar-refractivity contribution in [3.8, 4) is 0 Å². The fourth-order valence-corrected chi connectivity index (χ4v) is 1.72. The molecule has 98 valence electrons. The summed E-state index contributed by atoms with van der Waals surface area (Å²) in [6, 6.07) is 8.73. The van der Waals surface area contributed by atoms with Crippen LogP contribution in [-0.4, -0.2) is 24.4 Å². The predicted molar refractivity (Wildman–Crippen MR) is 68.3 cm³/mol. The number of azide groups is 1. The van der Waals surface area contributed by atoms with Gasteiger partial charge < -0.3 is 9.47 Å². The van der Waals surface area contributed by atoms with Crippen molar-refractivity contribution in [2.75, 3.05) is 0 Å². The molecule has 0 spiro atoms. The summed E-state index contributed by atoms with van der Waals surface area (Å²) in [6.45, 7) is 1.76. The molecule has 0 bridgehead atoms. The van der Waals surface area contributed by atoms with Gasteiger partial charge in [0.15, 0.2) is 6.23 Å². The molecule has 6 nitrogen and oxygen atoms in total. The van der Waals surface area contributed by atoms with Gasteiger partial charge in [-0.15, -0.1) is 0 Å². The fraction of sp³-hybridized carbons (Fsp3) is 0.308. The van der Waals surface area contributed by atoms with Crippen molar-refractivity contribution in [2.45, 2.75) is 25.4 Å². The van der Waals surface area contributed by atoms with E-state index in [0.717, 1.165) is 0 Å². The smallest absolute Gasteiger partial charge is 0.338 e. The lowest BCUT2D eigenvalue weighted by atomic mass is 10.1. The Morgan fingerprint density at radius 3 is 2.74 bits per heavy atom. The van der Waals surface area contributed by atoms with E-state index in [2.05, 4.69) is 10.0 Å². The van der Waals surface area contributed by atoms with E-state index in [1.165, 1.54) is 0 Å².